The molecule has 0 atom stereocenters. The van der Waals surface area contributed by atoms with E-state index < -0.39 is 0 Å². The zero-order chi connectivity index (χ0) is 12.7. The number of carbonyl (C=O) groups is 2. The molecule has 0 radical (unpaired) electrons. The molecule has 0 aromatic heterocycles. The summed E-state index contributed by atoms with van der Waals surface area (Å²) >= 11 is 0. The zero-order valence-corrected chi connectivity index (χ0v) is 10.9. The molecule has 0 aliphatic carbocycles. The number of hydrogen-bond acceptors (Lipinski definition) is 2. The Morgan fingerprint density at radius 1 is 1.41 bits per heavy atom. The molecule has 0 saturated carbocycles. The Labute approximate surface area is 103 Å². The molecule has 1 heterocycles. The minimum Gasteiger partial charge on any atom is -0.343 e. The van der Waals surface area contributed by atoms with Crippen LogP contribution in [0.2, 0.25) is 0 Å². The van der Waals surface area contributed by atoms with Crippen molar-refractivity contribution in [3.8, 4) is 0 Å². The van der Waals surface area contributed by atoms with Gasteiger partial charge in [0.05, 0.1) is 0 Å². The quantitative estimate of drug-likeness (QED) is 0.707. The van der Waals surface area contributed by atoms with Gasteiger partial charge in [-0.05, 0) is 26.7 Å². The molecular formula is C12H23N3O2. The average molecular weight is 241 g/mol. The van der Waals surface area contributed by atoms with Crippen molar-refractivity contribution in [3.63, 3.8) is 0 Å². The van der Waals surface area contributed by atoms with E-state index in [2.05, 4.69) is 5.32 Å². The summed E-state index contributed by atoms with van der Waals surface area (Å²) in [5, 5.41) is 2.87. The van der Waals surface area contributed by atoms with Gasteiger partial charge in [0.25, 0.3) is 0 Å². The molecule has 17 heavy (non-hydrogen) atoms. The van der Waals surface area contributed by atoms with Crippen molar-refractivity contribution in [2.75, 3.05) is 32.7 Å². The predicted octanol–water partition coefficient (Wildman–Crippen LogP) is 1.05. The van der Waals surface area contributed by atoms with E-state index in [1.54, 1.807) is 4.90 Å². The van der Waals surface area contributed by atoms with Gasteiger partial charge in [0.1, 0.15) is 0 Å². The van der Waals surface area contributed by atoms with E-state index in [1.165, 1.54) is 0 Å². The van der Waals surface area contributed by atoms with E-state index in [1.807, 2.05) is 18.7 Å². The summed E-state index contributed by atoms with van der Waals surface area (Å²) < 4.78 is 0. The van der Waals surface area contributed by atoms with E-state index in [9.17, 15) is 9.59 Å². The van der Waals surface area contributed by atoms with Crippen molar-refractivity contribution in [1.29, 1.82) is 0 Å². The molecule has 0 bridgehead atoms. The van der Waals surface area contributed by atoms with Crippen LogP contribution in [0, 0.1) is 0 Å². The van der Waals surface area contributed by atoms with Crippen molar-refractivity contribution in [2.24, 2.45) is 0 Å². The summed E-state index contributed by atoms with van der Waals surface area (Å²) in [6.45, 7) is 7.66. The number of rotatable bonds is 6. The van der Waals surface area contributed by atoms with Crippen LogP contribution in [-0.4, -0.2) is 54.5 Å². The second-order valence-corrected chi connectivity index (χ2v) is 4.24. The Hall–Kier alpha value is -1.26. The maximum absolute atomic E-state index is 11.6. The molecule has 0 aromatic rings. The molecule has 1 aliphatic heterocycles. The Balaban J connectivity index is 2.11. The predicted molar refractivity (Wildman–Crippen MR) is 66.8 cm³/mol. The van der Waals surface area contributed by atoms with Gasteiger partial charge >= 0.3 is 6.03 Å². The van der Waals surface area contributed by atoms with E-state index >= 15 is 0 Å². The van der Waals surface area contributed by atoms with Crippen molar-refractivity contribution in [1.82, 2.24) is 15.1 Å². The van der Waals surface area contributed by atoms with Crippen molar-refractivity contribution in [3.05, 3.63) is 0 Å². The van der Waals surface area contributed by atoms with E-state index in [0.717, 1.165) is 39.0 Å². The van der Waals surface area contributed by atoms with Crippen LogP contribution in [0.1, 0.15) is 33.1 Å². The van der Waals surface area contributed by atoms with Crippen LogP contribution in [0.5, 0.6) is 0 Å². The normalized spacial score (nSPS) is 15.2. The lowest BCUT2D eigenvalue weighted by atomic mass is 10.4. The molecule has 0 unspecified atom stereocenters. The van der Waals surface area contributed by atoms with Crippen molar-refractivity contribution < 1.29 is 9.59 Å². The van der Waals surface area contributed by atoms with Gasteiger partial charge < -0.3 is 15.1 Å². The summed E-state index contributed by atoms with van der Waals surface area (Å²) in [7, 11) is 0. The summed E-state index contributed by atoms with van der Waals surface area (Å²) in [4.78, 5) is 26.6. The number of nitrogens with zero attached hydrogens (tertiary/aromatic N) is 2. The number of amides is 3. The largest absolute Gasteiger partial charge is 0.343 e. The van der Waals surface area contributed by atoms with Crippen LogP contribution in [0.15, 0.2) is 0 Å². The van der Waals surface area contributed by atoms with Gasteiger partial charge in [0, 0.05) is 39.1 Å². The Morgan fingerprint density at radius 3 is 2.65 bits per heavy atom. The highest BCUT2D eigenvalue weighted by atomic mass is 16.2. The number of hydrogen-bond donors (Lipinski definition) is 1. The lowest BCUT2D eigenvalue weighted by Gasteiger charge is -2.20. The second-order valence-electron chi connectivity index (χ2n) is 4.24. The van der Waals surface area contributed by atoms with Crippen LogP contribution >= 0.6 is 0 Å². The van der Waals surface area contributed by atoms with E-state index in [-0.39, 0.29) is 11.9 Å². The lowest BCUT2D eigenvalue weighted by Crippen LogP contribution is -2.40. The fourth-order valence-electron chi connectivity index (χ4n) is 2.03. The monoisotopic (exact) mass is 241 g/mol. The van der Waals surface area contributed by atoms with Gasteiger partial charge in [-0.15, -0.1) is 0 Å². The van der Waals surface area contributed by atoms with E-state index in [0.29, 0.717) is 13.0 Å². The molecular weight excluding hydrogens is 218 g/mol. The fraction of sp³-hybridized carbons (Fsp3) is 0.833. The molecule has 98 valence electrons. The molecule has 0 aromatic carbocycles. The third kappa shape index (κ3) is 4.24. The van der Waals surface area contributed by atoms with E-state index in [4.69, 9.17) is 0 Å². The highest BCUT2D eigenvalue weighted by molar-refractivity contribution is 5.78. The molecule has 1 fully saturated rings. The summed E-state index contributed by atoms with van der Waals surface area (Å²) in [6, 6.07) is -0.0113. The first-order valence-electron chi connectivity index (χ1n) is 6.49. The average Bonchev–Trinajstić information content (AvgIpc) is 2.72. The molecule has 5 nitrogen and oxygen atoms in total. The number of urea groups is 1. The van der Waals surface area contributed by atoms with Crippen LogP contribution < -0.4 is 5.32 Å². The smallest absolute Gasteiger partial charge is 0.317 e. The van der Waals surface area contributed by atoms with Crippen LogP contribution in [0.4, 0.5) is 4.79 Å². The van der Waals surface area contributed by atoms with Gasteiger partial charge in [-0.1, -0.05) is 0 Å². The third-order valence-corrected chi connectivity index (χ3v) is 3.10. The molecule has 5 heteroatoms. The van der Waals surface area contributed by atoms with Crippen molar-refractivity contribution in [2.45, 2.75) is 33.1 Å². The minimum absolute atomic E-state index is 0.0113. The number of nitrogens with one attached hydrogen (secondary N) is 1. The highest BCUT2D eigenvalue weighted by Crippen LogP contribution is 2.09. The minimum atomic E-state index is -0.0113. The van der Waals surface area contributed by atoms with Crippen LogP contribution in [0.3, 0.4) is 0 Å². The second kappa shape index (κ2) is 7.14. The molecule has 3 amide bonds. The first-order valence-corrected chi connectivity index (χ1v) is 6.49. The van der Waals surface area contributed by atoms with Gasteiger partial charge in [0.2, 0.25) is 5.91 Å². The Morgan fingerprint density at radius 2 is 2.12 bits per heavy atom. The van der Waals surface area contributed by atoms with Gasteiger partial charge in [-0.25, -0.2) is 4.79 Å². The first-order chi connectivity index (χ1) is 8.19. The Kier molecular flexibility index (Phi) is 5.80. The maximum Gasteiger partial charge on any atom is 0.317 e. The zero-order valence-electron chi connectivity index (χ0n) is 10.9. The molecule has 1 aliphatic rings. The molecule has 1 rings (SSSR count). The van der Waals surface area contributed by atoms with Gasteiger partial charge in [-0.2, -0.15) is 0 Å². The summed E-state index contributed by atoms with van der Waals surface area (Å²) in [5.41, 5.74) is 0. The topological polar surface area (TPSA) is 52.7 Å². The lowest BCUT2D eigenvalue weighted by molar-refractivity contribution is -0.127. The van der Waals surface area contributed by atoms with Crippen LogP contribution in [0.25, 0.3) is 0 Å². The maximum atomic E-state index is 11.6. The molecule has 1 N–H and O–H groups in total. The highest BCUT2D eigenvalue weighted by Gasteiger charge is 2.19. The first kappa shape index (κ1) is 13.8. The molecule has 0 spiro atoms. The number of likely N-dealkylation sites (tertiary alicyclic amines) is 1. The van der Waals surface area contributed by atoms with Gasteiger partial charge in [-0.3, -0.25) is 4.79 Å². The number of carbonyl (C=O) groups excluding carboxylic acids is 2. The standard InChI is InChI=1S/C12H23N3O2/c1-3-14(4-2)12(17)13-8-6-10-15-9-5-7-11(15)16/h3-10H2,1-2H3,(H,13,17). The summed E-state index contributed by atoms with van der Waals surface area (Å²) in [6.07, 6.45) is 2.50. The van der Waals surface area contributed by atoms with Gasteiger partial charge in [0.15, 0.2) is 0 Å². The summed E-state index contributed by atoms with van der Waals surface area (Å²) in [5.74, 6) is 0.250. The van der Waals surface area contributed by atoms with Crippen LogP contribution in [-0.2, 0) is 4.79 Å². The van der Waals surface area contributed by atoms with Crippen molar-refractivity contribution >= 4 is 11.9 Å². The Bertz CT molecular complexity index is 264. The third-order valence-electron chi connectivity index (χ3n) is 3.10. The SMILES string of the molecule is CCN(CC)C(=O)NCCCN1CCCC1=O. The fourth-order valence-corrected chi connectivity index (χ4v) is 2.03. The molecule has 1 saturated heterocycles.